The molecule has 0 aliphatic carbocycles. The van der Waals surface area contributed by atoms with E-state index in [1.165, 1.54) is 32.3 Å². The standard InChI is InChI=1S/C47H29N3/c1-2-11-36-29-37(26-21-30(36)9-1)46-40-14-6-8-16-43(40)49-47(50-46)35-24-19-32(20-25-35)31-17-22-34(23-18-31)45-41-28-27-33-10-3-4-12-38(33)44(41)39-13-5-7-15-42(39)48-45/h1-29H. The van der Waals surface area contributed by atoms with Crippen LogP contribution in [0.4, 0.5) is 0 Å². The van der Waals surface area contributed by atoms with Gasteiger partial charge in [0, 0.05) is 38.2 Å². The van der Waals surface area contributed by atoms with Crippen molar-refractivity contribution < 1.29 is 0 Å². The second kappa shape index (κ2) is 11.5. The van der Waals surface area contributed by atoms with Crippen molar-refractivity contribution in [2.24, 2.45) is 0 Å². The minimum absolute atomic E-state index is 0.718. The Morgan fingerprint density at radius 1 is 0.280 bits per heavy atom. The van der Waals surface area contributed by atoms with Crippen LogP contribution in [-0.2, 0) is 0 Å². The van der Waals surface area contributed by atoms with Gasteiger partial charge in [0.05, 0.1) is 22.4 Å². The van der Waals surface area contributed by atoms with Crippen LogP contribution < -0.4 is 0 Å². The highest BCUT2D eigenvalue weighted by Crippen LogP contribution is 2.38. The highest BCUT2D eigenvalue weighted by molar-refractivity contribution is 6.22. The molecule has 0 aliphatic heterocycles. The number of nitrogens with zero attached hydrogens (tertiary/aromatic N) is 3. The van der Waals surface area contributed by atoms with E-state index in [4.69, 9.17) is 15.0 Å². The highest BCUT2D eigenvalue weighted by Gasteiger charge is 2.15. The molecule has 3 heteroatoms. The molecule has 0 spiro atoms. The molecular weight excluding hydrogens is 607 g/mol. The largest absolute Gasteiger partial charge is 0.247 e. The molecular formula is C47H29N3. The first kappa shape index (κ1) is 28.3. The average molecular weight is 636 g/mol. The fourth-order valence-corrected chi connectivity index (χ4v) is 7.34. The van der Waals surface area contributed by atoms with Gasteiger partial charge in [0.1, 0.15) is 0 Å². The van der Waals surface area contributed by atoms with Crippen LogP contribution in [0.15, 0.2) is 176 Å². The Labute approximate surface area is 289 Å². The Morgan fingerprint density at radius 2 is 0.800 bits per heavy atom. The predicted molar refractivity (Wildman–Crippen MR) is 209 cm³/mol. The van der Waals surface area contributed by atoms with E-state index in [9.17, 15) is 0 Å². The van der Waals surface area contributed by atoms with Crippen LogP contribution >= 0.6 is 0 Å². The maximum absolute atomic E-state index is 5.18. The van der Waals surface area contributed by atoms with Crippen molar-refractivity contribution >= 4 is 54.1 Å². The minimum atomic E-state index is 0.718. The van der Waals surface area contributed by atoms with Crippen molar-refractivity contribution in [1.29, 1.82) is 0 Å². The molecule has 0 N–H and O–H groups in total. The molecule has 232 valence electrons. The third-order valence-corrected chi connectivity index (χ3v) is 9.85. The van der Waals surface area contributed by atoms with E-state index in [1.54, 1.807) is 0 Å². The summed E-state index contributed by atoms with van der Waals surface area (Å²) in [7, 11) is 0. The fourth-order valence-electron chi connectivity index (χ4n) is 7.34. The maximum atomic E-state index is 5.18. The summed E-state index contributed by atoms with van der Waals surface area (Å²) in [5, 5.41) is 9.55. The molecule has 0 bridgehead atoms. The van der Waals surface area contributed by atoms with Gasteiger partial charge in [-0.1, -0.05) is 158 Å². The van der Waals surface area contributed by atoms with Gasteiger partial charge in [0.2, 0.25) is 0 Å². The molecule has 10 aromatic rings. The first-order valence-electron chi connectivity index (χ1n) is 16.9. The maximum Gasteiger partial charge on any atom is 0.160 e. The molecule has 0 radical (unpaired) electrons. The molecule has 8 aromatic carbocycles. The summed E-state index contributed by atoms with van der Waals surface area (Å²) in [4.78, 5) is 15.3. The third kappa shape index (κ3) is 4.71. The lowest BCUT2D eigenvalue weighted by Crippen LogP contribution is -1.95. The van der Waals surface area contributed by atoms with Gasteiger partial charge in [-0.3, -0.25) is 0 Å². The molecule has 3 nitrogen and oxygen atoms in total. The number of para-hydroxylation sites is 2. The van der Waals surface area contributed by atoms with Gasteiger partial charge in [-0.2, -0.15) is 0 Å². The van der Waals surface area contributed by atoms with Crippen LogP contribution in [0.1, 0.15) is 0 Å². The fraction of sp³-hybridized carbons (Fsp3) is 0. The molecule has 2 heterocycles. The van der Waals surface area contributed by atoms with Gasteiger partial charge in [0.25, 0.3) is 0 Å². The van der Waals surface area contributed by atoms with E-state index >= 15 is 0 Å². The SMILES string of the molecule is c1ccc2cc(-c3nc(-c4ccc(-c5ccc(-c6nc7ccccc7c7c6ccc6ccccc67)cc5)cc4)nc4ccccc34)ccc2c1. The molecule has 0 aliphatic rings. The topological polar surface area (TPSA) is 38.7 Å². The highest BCUT2D eigenvalue weighted by atomic mass is 14.9. The lowest BCUT2D eigenvalue weighted by atomic mass is 9.94. The van der Waals surface area contributed by atoms with Gasteiger partial charge < -0.3 is 0 Å². The Hall–Kier alpha value is -6.71. The summed E-state index contributed by atoms with van der Waals surface area (Å²) >= 11 is 0. The summed E-state index contributed by atoms with van der Waals surface area (Å²) < 4.78 is 0. The number of pyridine rings is 1. The molecule has 2 aromatic heterocycles. The molecule has 0 fully saturated rings. The normalized spacial score (nSPS) is 11.6. The minimum Gasteiger partial charge on any atom is -0.247 e. The zero-order valence-electron chi connectivity index (χ0n) is 27.1. The van der Waals surface area contributed by atoms with Crippen LogP contribution in [0.3, 0.4) is 0 Å². The predicted octanol–water partition coefficient (Wildman–Crippen LogP) is 12.3. The zero-order valence-corrected chi connectivity index (χ0v) is 27.1. The number of aromatic nitrogens is 3. The van der Waals surface area contributed by atoms with E-state index in [-0.39, 0.29) is 0 Å². The van der Waals surface area contributed by atoms with Crippen molar-refractivity contribution in [1.82, 2.24) is 15.0 Å². The van der Waals surface area contributed by atoms with Gasteiger partial charge in [0.15, 0.2) is 5.82 Å². The lowest BCUT2D eigenvalue weighted by Gasteiger charge is -2.13. The van der Waals surface area contributed by atoms with Crippen molar-refractivity contribution in [3.8, 4) is 45.0 Å². The Balaban J connectivity index is 1.02. The van der Waals surface area contributed by atoms with Gasteiger partial charge in [-0.15, -0.1) is 0 Å². The smallest absolute Gasteiger partial charge is 0.160 e. The number of hydrogen-bond acceptors (Lipinski definition) is 3. The van der Waals surface area contributed by atoms with Gasteiger partial charge in [-0.05, 0) is 50.9 Å². The van der Waals surface area contributed by atoms with Gasteiger partial charge >= 0.3 is 0 Å². The van der Waals surface area contributed by atoms with E-state index in [0.29, 0.717) is 0 Å². The number of rotatable bonds is 4. The number of fused-ring (bicyclic) bond motifs is 7. The monoisotopic (exact) mass is 635 g/mol. The number of hydrogen-bond donors (Lipinski definition) is 0. The second-order valence-electron chi connectivity index (χ2n) is 12.8. The Morgan fingerprint density at radius 3 is 1.56 bits per heavy atom. The molecule has 0 amide bonds. The van der Waals surface area contributed by atoms with Crippen LogP contribution in [-0.4, -0.2) is 15.0 Å². The van der Waals surface area contributed by atoms with Crippen LogP contribution in [0, 0.1) is 0 Å². The summed E-state index contributed by atoms with van der Waals surface area (Å²) in [5.74, 6) is 0.718. The summed E-state index contributed by atoms with van der Waals surface area (Å²) in [6.07, 6.45) is 0. The molecule has 0 atom stereocenters. The quantitative estimate of drug-likeness (QED) is 0.181. The summed E-state index contributed by atoms with van der Waals surface area (Å²) in [6, 6.07) is 62.1. The van der Waals surface area contributed by atoms with E-state index in [2.05, 4.69) is 170 Å². The third-order valence-electron chi connectivity index (χ3n) is 9.85. The lowest BCUT2D eigenvalue weighted by molar-refractivity contribution is 1.23. The van der Waals surface area contributed by atoms with Crippen molar-refractivity contribution in [2.45, 2.75) is 0 Å². The zero-order chi connectivity index (χ0) is 33.0. The molecule has 50 heavy (non-hydrogen) atoms. The van der Waals surface area contributed by atoms with E-state index < -0.39 is 0 Å². The molecule has 0 unspecified atom stereocenters. The molecule has 0 saturated heterocycles. The number of benzene rings is 8. The van der Waals surface area contributed by atoms with Crippen molar-refractivity contribution in [3.63, 3.8) is 0 Å². The van der Waals surface area contributed by atoms with Gasteiger partial charge in [-0.25, -0.2) is 15.0 Å². The van der Waals surface area contributed by atoms with Crippen LogP contribution in [0.5, 0.6) is 0 Å². The molecule has 10 rings (SSSR count). The van der Waals surface area contributed by atoms with E-state index in [1.807, 2.05) is 6.07 Å². The average Bonchev–Trinajstić information content (AvgIpc) is 3.20. The molecule has 0 saturated carbocycles. The van der Waals surface area contributed by atoms with Crippen molar-refractivity contribution in [2.75, 3.05) is 0 Å². The first-order chi connectivity index (χ1) is 24.8. The first-order valence-corrected chi connectivity index (χ1v) is 16.9. The van der Waals surface area contributed by atoms with Crippen LogP contribution in [0.2, 0.25) is 0 Å². The van der Waals surface area contributed by atoms with Crippen molar-refractivity contribution in [3.05, 3.63) is 176 Å². The second-order valence-corrected chi connectivity index (χ2v) is 12.8. The Kier molecular flexibility index (Phi) is 6.49. The summed E-state index contributed by atoms with van der Waals surface area (Å²) in [5.41, 5.74) is 9.33. The van der Waals surface area contributed by atoms with Crippen LogP contribution in [0.25, 0.3) is 99.2 Å². The Bertz CT molecular complexity index is 2890. The van der Waals surface area contributed by atoms with E-state index in [0.717, 1.165) is 66.8 Å². The summed E-state index contributed by atoms with van der Waals surface area (Å²) in [6.45, 7) is 0.